The highest BCUT2D eigenvalue weighted by Crippen LogP contribution is 2.29. The van der Waals surface area contributed by atoms with Crippen LogP contribution in [0.2, 0.25) is 0 Å². The minimum absolute atomic E-state index is 0. The predicted octanol–water partition coefficient (Wildman–Crippen LogP) is 2.83. The number of fused-ring (bicyclic) bond motifs is 1. The van der Waals surface area contributed by atoms with Crippen LogP contribution >= 0.6 is 24.8 Å². The Morgan fingerprint density at radius 2 is 1.93 bits per heavy atom. The summed E-state index contributed by atoms with van der Waals surface area (Å²) in [5.74, 6) is 0.580. The van der Waals surface area contributed by atoms with Gasteiger partial charge in [0.25, 0.3) is 5.56 Å². The quantitative estimate of drug-likeness (QED) is 0.540. The Balaban J connectivity index is 0.00000182. The minimum Gasteiger partial charge on any atom is -0.379 e. The monoisotopic (exact) mass is 415 g/mol. The zero-order chi connectivity index (χ0) is 17.9. The van der Waals surface area contributed by atoms with Gasteiger partial charge in [-0.2, -0.15) is 4.98 Å². The lowest BCUT2D eigenvalue weighted by Crippen LogP contribution is -2.55. The topological polar surface area (TPSA) is 105 Å². The molecule has 1 aromatic heterocycles. The number of hydrogen-bond acceptors (Lipinski definition) is 6. The summed E-state index contributed by atoms with van der Waals surface area (Å²) >= 11 is 0. The predicted molar refractivity (Wildman–Crippen MR) is 114 cm³/mol. The Morgan fingerprint density at radius 1 is 1.22 bits per heavy atom. The van der Waals surface area contributed by atoms with Gasteiger partial charge in [0.05, 0.1) is 18.2 Å². The van der Waals surface area contributed by atoms with E-state index >= 15 is 0 Å². The maximum absolute atomic E-state index is 12.1. The summed E-state index contributed by atoms with van der Waals surface area (Å²) in [6.45, 7) is 5.25. The molecule has 150 valence electrons. The Kier molecular flexibility index (Phi) is 8.40. The molecule has 2 heterocycles. The van der Waals surface area contributed by atoms with E-state index in [0.717, 1.165) is 12.8 Å². The van der Waals surface area contributed by atoms with Crippen molar-refractivity contribution >= 4 is 42.3 Å². The minimum atomic E-state index is -0.320. The molecule has 7 nitrogen and oxygen atoms in total. The van der Waals surface area contributed by atoms with Crippen LogP contribution in [-0.4, -0.2) is 34.8 Å². The number of benzene rings is 1. The van der Waals surface area contributed by atoms with Gasteiger partial charge < -0.3 is 21.1 Å². The molecular formula is C18H27Cl2N5O2. The highest BCUT2D eigenvalue weighted by molar-refractivity contribution is 5.85. The van der Waals surface area contributed by atoms with Crippen molar-refractivity contribution in [2.75, 3.05) is 29.6 Å². The van der Waals surface area contributed by atoms with E-state index < -0.39 is 0 Å². The number of anilines is 3. The molecule has 2 aromatic rings. The first-order valence-electron chi connectivity index (χ1n) is 8.52. The lowest BCUT2D eigenvalue weighted by molar-refractivity contribution is 0.110. The van der Waals surface area contributed by atoms with Gasteiger partial charge in [0.15, 0.2) is 5.82 Å². The number of hydrogen-bond donors (Lipinski definition) is 4. The van der Waals surface area contributed by atoms with Gasteiger partial charge in [-0.1, -0.05) is 30.3 Å². The van der Waals surface area contributed by atoms with Crippen LogP contribution in [0.4, 0.5) is 17.5 Å². The molecule has 1 unspecified atom stereocenters. The summed E-state index contributed by atoms with van der Waals surface area (Å²) < 4.78 is 5.85. The van der Waals surface area contributed by atoms with Crippen molar-refractivity contribution in [1.29, 1.82) is 0 Å². The van der Waals surface area contributed by atoms with Crippen molar-refractivity contribution in [3.05, 3.63) is 46.2 Å². The molecule has 0 amide bonds. The third kappa shape index (κ3) is 5.76. The first kappa shape index (κ1) is 23.1. The third-order valence-electron chi connectivity index (χ3n) is 4.45. The van der Waals surface area contributed by atoms with Crippen LogP contribution in [0.1, 0.15) is 25.8 Å². The average molecular weight is 416 g/mol. The number of aromatic nitrogens is 2. The smallest absolute Gasteiger partial charge is 0.277 e. The molecule has 1 aliphatic rings. The van der Waals surface area contributed by atoms with Crippen LogP contribution in [-0.2, 0) is 11.2 Å². The van der Waals surface area contributed by atoms with Crippen LogP contribution in [0.25, 0.3) is 0 Å². The molecule has 1 aliphatic heterocycles. The van der Waals surface area contributed by atoms with Gasteiger partial charge in [-0.05, 0) is 32.3 Å². The SMILES string of the molecule is CC1(C)Nc2nc(N)[nH]c(=O)c2NC1COCCCc1ccccc1.Cl.Cl. The summed E-state index contributed by atoms with van der Waals surface area (Å²) in [5.41, 5.74) is 6.73. The number of ether oxygens (including phenoxy) is 1. The van der Waals surface area contributed by atoms with Gasteiger partial charge in [0.2, 0.25) is 5.95 Å². The van der Waals surface area contributed by atoms with Gasteiger partial charge in [-0.3, -0.25) is 9.78 Å². The van der Waals surface area contributed by atoms with Crippen molar-refractivity contribution in [2.45, 2.75) is 38.3 Å². The molecule has 1 atom stereocenters. The van der Waals surface area contributed by atoms with E-state index in [4.69, 9.17) is 10.5 Å². The zero-order valence-corrected chi connectivity index (χ0v) is 17.1. The number of nitrogens with one attached hydrogen (secondary N) is 3. The number of nitrogen functional groups attached to an aromatic ring is 1. The lowest BCUT2D eigenvalue weighted by atomic mass is 9.92. The molecule has 1 aromatic carbocycles. The third-order valence-corrected chi connectivity index (χ3v) is 4.45. The molecule has 3 rings (SSSR count). The van der Waals surface area contributed by atoms with Gasteiger partial charge in [0, 0.05) is 6.61 Å². The van der Waals surface area contributed by atoms with E-state index in [0.29, 0.717) is 24.7 Å². The van der Waals surface area contributed by atoms with Gasteiger partial charge in [0.1, 0.15) is 5.69 Å². The number of rotatable bonds is 6. The van der Waals surface area contributed by atoms with E-state index in [-0.39, 0.29) is 47.9 Å². The number of nitrogens with zero attached hydrogens (tertiary/aromatic N) is 1. The lowest BCUT2D eigenvalue weighted by Gasteiger charge is -2.41. The van der Waals surface area contributed by atoms with Crippen molar-refractivity contribution < 1.29 is 4.74 Å². The first-order chi connectivity index (χ1) is 12.0. The largest absolute Gasteiger partial charge is 0.379 e. The maximum Gasteiger partial charge on any atom is 0.277 e. The van der Waals surface area contributed by atoms with Gasteiger partial charge in [-0.25, -0.2) is 0 Å². The Labute approximate surface area is 171 Å². The van der Waals surface area contributed by atoms with Crippen molar-refractivity contribution in [2.24, 2.45) is 0 Å². The van der Waals surface area contributed by atoms with Crippen molar-refractivity contribution in [1.82, 2.24) is 9.97 Å². The Morgan fingerprint density at radius 3 is 2.63 bits per heavy atom. The van der Waals surface area contributed by atoms with Crippen LogP contribution in [0, 0.1) is 0 Å². The fourth-order valence-corrected chi connectivity index (χ4v) is 2.94. The second-order valence-corrected chi connectivity index (χ2v) is 6.88. The molecule has 0 bridgehead atoms. The fraction of sp³-hybridized carbons (Fsp3) is 0.444. The average Bonchev–Trinajstić information content (AvgIpc) is 2.55. The number of aryl methyl sites for hydroxylation is 1. The van der Waals surface area contributed by atoms with Crippen LogP contribution < -0.4 is 21.9 Å². The van der Waals surface area contributed by atoms with Crippen LogP contribution in [0.5, 0.6) is 0 Å². The van der Waals surface area contributed by atoms with Crippen molar-refractivity contribution in [3.63, 3.8) is 0 Å². The molecule has 9 heteroatoms. The summed E-state index contributed by atoms with van der Waals surface area (Å²) in [5, 5.41) is 6.52. The maximum atomic E-state index is 12.1. The van der Waals surface area contributed by atoms with Gasteiger partial charge >= 0.3 is 0 Å². The zero-order valence-electron chi connectivity index (χ0n) is 15.5. The standard InChI is InChI=1S/C18H25N5O2.2ClH/c1-18(2)13(11-25-10-6-9-12-7-4-3-5-8-12)20-14-15(23-18)21-17(19)22-16(14)24;;/h3-5,7-8,13,20H,6,9-11H2,1-2H3,(H4,19,21,22,23,24);2*1H. The molecule has 0 spiro atoms. The summed E-state index contributed by atoms with van der Waals surface area (Å²) in [4.78, 5) is 18.7. The Hall–Kier alpha value is -1.96. The molecule has 0 aliphatic carbocycles. The molecule has 0 saturated carbocycles. The fourth-order valence-electron chi connectivity index (χ4n) is 2.94. The molecular weight excluding hydrogens is 389 g/mol. The summed E-state index contributed by atoms with van der Waals surface area (Å²) in [7, 11) is 0. The van der Waals surface area contributed by atoms with E-state index in [1.807, 2.05) is 32.0 Å². The van der Waals surface area contributed by atoms with E-state index in [2.05, 4.69) is 32.7 Å². The normalized spacial score (nSPS) is 16.7. The molecule has 0 fully saturated rings. The number of nitrogens with two attached hydrogens (primary N) is 1. The summed E-state index contributed by atoms with van der Waals surface area (Å²) in [6, 6.07) is 10.3. The Bertz CT molecular complexity index is 783. The molecule has 27 heavy (non-hydrogen) atoms. The highest BCUT2D eigenvalue weighted by atomic mass is 35.5. The molecule has 0 saturated heterocycles. The van der Waals surface area contributed by atoms with Crippen LogP contribution in [0.15, 0.2) is 35.1 Å². The summed E-state index contributed by atoms with van der Waals surface area (Å²) in [6.07, 6.45) is 1.95. The molecule has 5 N–H and O–H groups in total. The van der Waals surface area contributed by atoms with E-state index in [1.54, 1.807) is 0 Å². The van der Waals surface area contributed by atoms with E-state index in [1.165, 1.54) is 5.56 Å². The number of aromatic amines is 1. The van der Waals surface area contributed by atoms with Gasteiger partial charge in [-0.15, -0.1) is 24.8 Å². The highest BCUT2D eigenvalue weighted by Gasteiger charge is 2.36. The second-order valence-electron chi connectivity index (χ2n) is 6.88. The second kappa shape index (κ2) is 9.82. The van der Waals surface area contributed by atoms with E-state index in [9.17, 15) is 4.79 Å². The van der Waals surface area contributed by atoms with Crippen LogP contribution in [0.3, 0.4) is 0 Å². The molecule has 0 radical (unpaired) electrons. The van der Waals surface area contributed by atoms with Crippen molar-refractivity contribution in [3.8, 4) is 0 Å². The first-order valence-corrected chi connectivity index (χ1v) is 8.52. The number of H-pyrrole nitrogens is 1. The number of halogens is 2.